The standard InChI is InChI=1S/C49H39NO2/c1-32-13-5-6-16-37(32)44-30-36(24-26-38(44)33-14-3-2-4-15-33)43-29-34(35-23-27-42-41-19-9-12-22-48(41)52-49(42)31-35)25-28-46(43)50-45-20-10-7-17-39(45)40-18-8-11-21-47(40)51/h2-25,27-31,38,42,49-51H,26H2,1H3. The van der Waals surface area contributed by atoms with Gasteiger partial charge in [0.2, 0.25) is 0 Å². The Labute approximate surface area is 305 Å². The van der Waals surface area contributed by atoms with E-state index < -0.39 is 0 Å². The van der Waals surface area contributed by atoms with E-state index in [2.05, 4.69) is 146 Å². The van der Waals surface area contributed by atoms with Crippen molar-refractivity contribution in [3.63, 3.8) is 0 Å². The minimum Gasteiger partial charge on any atom is -0.507 e. The summed E-state index contributed by atoms with van der Waals surface area (Å²) in [6.07, 6.45) is 12.5. The van der Waals surface area contributed by atoms with E-state index in [0.29, 0.717) is 0 Å². The number of benzene rings is 6. The number of hydrogen-bond donors (Lipinski definition) is 2. The number of rotatable bonds is 7. The molecule has 0 saturated heterocycles. The first-order valence-electron chi connectivity index (χ1n) is 18.1. The van der Waals surface area contributed by atoms with Gasteiger partial charge in [0, 0.05) is 45.5 Å². The Bertz CT molecular complexity index is 2430. The van der Waals surface area contributed by atoms with E-state index in [1.54, 1.807) is 6.07 Å². The highest BCUT2D eigenvalue weighted by atomic mass is 16.5. The van der Waals surface area contributed by atoms with Crippen molar-refractivity contribution in [3.8, 4) is 22.6 Å². The van der Waals surface area contributed by atoms with Gasteiger partial charge in [0.05, 0.1) is 0 Å². The summed E-state index contributed by atoms with van der Waals surface area (Å²) < 4.78 is 6.42. The van der Waals surface area contributed by atoms with Crippen LogP contribution in [0.3, 0.4) is 0 Å². The lowest BCUT2D eigenvalue weighted by Gasteiger charge is -2.27. The van der Waals surface area contributed by atoms with Gasteiger partial charge in [0.1, 0.15) is 17.6 Å². The maximum Gasteiger partial charge on any atom is 0.128 e. The fourth-order valence-corrected chi connectivity index (χ4v) is 8.04. The molecule has 0 bridgehead atoms. The second-order valence-corrected chi connectivity index (χ2v) is 13.8. The highest BCUT2D eigenvalue weighted by Crippen LogP contribution is 2.46. The maximum atomic E-state index is 10.8. The smallest absolute Gasteiger partial charge is 0.128 e. The molecule has 0 aromatic heterocycles. The van der Waals surface area contributed by atoms with Crippen molar-refractivity contribution in [2.24, 2.45) is 0 Å². The van der Waals surface area contributed by atoms with Gasteiger partial charge in [-0.2, -0.15) is 0 Å². The van der Waals surface area contributed by atoms with Crippen LogP contribution in [0.4, 0.5) is 11.4 Å². The third-order valence-electron chi connectivity index (χ3n) is 10.7. The molecule has 6 aromatic carbocycles. The zero-order valence-electron chi connectivity index (χ0n) is 29.0. The number of allylic oxidation sites excluding steroid dienone is 6. The van der Waals surface area contributed by atoms with E-state index in [4.69, 9.17) is 4.74 Å². The van der Waals surface area contributed by atoms with Gasteiger partial charge in [-0.3, -0.25) is 0 Å². The monoisotopic (exact) mass is 673 g/mol. The van der Waals surface area contributed by atoms with Gasteiger partial charge in [0.25, 0.3) is 0 Å². The van der Waals surface area contributed by atoms with Crippen LogP contribution < -0.4 is 10.1 Å². The molecule has 3 atom stereocenters. The van der Waals surface area contributed by atoms with Crippen molar-refractivity contribution in [2.45, 2.75) is 31.3 Å². The van der Waals surface area contributed by atoms with Gasteiger partial charge in [0.15, 0.2) is 0 Å². The summed E-state index contributed by atoms with van der Waals surface area (Å²) in [7, 11) is 0. The summed E-state index contributed by atoms with van der Waals surface area (Å²) in [6.45, 7) is 2.21. The van der Waals surface area contributed by atoms with Crippen LogP contribution in [0, 0.1) is 6.92 Å². The van der Waals surface area contributed by atoms with E-state index in [0.717, 1.165) is 51.4 Å². The molecule has 3 unspecified atom stereocenters. The van der Waals surface area contributed by atoms with Crippen molar-refractivity contribution in [1.82, 2.24) is 0 Å². The quantitative estimate of drug-likeness (QED) is 0.177. The Morgan fingerprint density at radius 1 is 0.654 bits per heavy atom. The number of nitrogens with one attached hydrogen (secondary N) is 1. The van der Waals surface area contributed by atoms with Crippen molar-refractivity contribution < 1.29 is 9.84 Å². The van der Waals surface area contributed by atoms with Crippen molar-refractivity contribution in [1.29, 1.82) is 0 Å². The molecule has 9 rings (SSSR count). The molecule has 1 heterocycles. The maximum absolute atomic E-state index is 10.8. The number of phenolic OH excluding ortho intramolecular Hbond substituents is 1. The molecule has 3 nitrogen and oxygen atoms in total. The Morgan fingerprint density at radius 3 is 2.21 bits per heavy atom. The van der Waals surface area contributed by atoms with Crippen LogP contribution in [0.1, 0.15) is 51.6 Å². The van der Waals surface area contributed by atoms with E-state index in [-0.39, 0.29) is 23.7 Å². The van der Waals surface area contributed by atoms with Crippen LogP contribution in [0.15, 0.2) is 176 Å². The molecule has 2 aliphatic carbocycles. The van der Waals surface area contributed by atoms with Crippen molar-refractivity contribution in [3.05, 3.63) is 209 Å². The molecular weight excluding hydrogens is 635 g/mol. The van der Waals surface area contributed by atoms with Crippen LogP contribution in [0.2, 0.25) is 0 Å². The fourth-order valence-electron chi connectivity index (χ4n) is 8.04. The van der Waals surface area contributed by atoms with E-state index in [1.807, 2.05) is 36.4 Å². The molecule has 2 N–H and O–H groups in total. The van der Waals surface area contributed by atoms with Crippen molar-refractivity contribution >= 4 is 28.1 Å². The largest absolute Gasteiger partial charge is 0.507 e. The molecule has 3 aliphatic rings. The minimum absolute atomic E-state index is 0.0304. The number of anilines is 2. The number of hydrogen-bond acceptors (Lipinski definition) is 3. The highest BCUT2D eigenvalue weighted by Gasteiger charge is 2.33. The summed E-state index contributed by atoms with van der Waals surface area (Å²) in [6, 6.07) is 50.4. The Morgan fingerprint density at radius 2 is 1.37 bits per heavy atom. The molecule has 1 aliphatic heterocycles. The molecular formula is C49H39NO2. The summed E-state index contributed by atoms with van der Waals surface area (Å²) in [5.41, 5.74) is 14.7. The van der Waals surface area contributed by atoms with E-state index in [1.165, 1.54) is 33.4 Å². The number of fused-ring (bicyclic) bond motifs is 3. The van der Waals surface area contributed by atoms with E-state index in [9.17, 15) is 5.11 Å². The first kappa shape index (κ1) is 31.6. The number of aromatic hydroxyl groups is 1. The predicted octanol–water partition coefficient (Wildman–Crippen LogP) is 12.3. The fraction of sp³-hybridized carbons (Fsp3) is 0.102. The minimum atomic E-state index is -0.0304. The van der Waals surface area contributed by atoms with Gasteiger partial charge >= 0.3 is 0 Å². The highest BCUT2D eigenvalue weighted by molar-refractivity contribution is 5.95. The second kappa shape index (κ2) is 13.4. The molecule has 0 amide bonds. The lowest BCUT2D eigenvalue weighted by atomic mass is 9.77. The van der Waals surface area contributed by atoms with Crippen LogP contribution in [0.5, 0.6) is 11.5 Å². The predicted molar refractivity (Wildman–Crippen MR) is 215 cm³/mol. The second-order valence-electron chi connectivity index (χ2n) is 13.8. The molecule has 0 fully saturated rings. The lowest BCUT2D eigenvalue weighted by Crippen LogP contribution is -2.17. The van der Waals surface area contributed by atoms with Gasteiger partial charge in [-0.15, -0.1) is 0 Å². The third-order valence-corrected chi connectivity index (χ3v) is 10.7. The lowest BCUT2D eigenvalue weighted by molar-refractivity contribution is 0.269. The Balaban J connectivity index is 1.16. The van der Waals surface area contributed by atoms with Gasteiger partial charge in [-0.05, 0) is 88.7 Å². The number of phenols is 1. The van der Waals surface area contributed by atoms with Gasteiger partial charge < -0.3 is 15.2 Å². The molecule has 0 saturated carbocycles. The van der Waals surface area contributed by atoms with Gasteiger partial charge in [-0.25, -0.2) is 0 Å². The number of ether oxygens (including phenoxy) is 1. The zero-order chi connectivity index (χ0) is 35.0. The molecule has 52 heavy (non-hydrogen) atoms. The van der Waals surface area contributed by atoms with E-state index >= 15 is 0 Å². The summed E-state index contributed by atoms with van der Waals surface area (Å²) in [5.74, 6) is 1.69. The molecule has 0 radical (unpaired) electrons. The Kier molecular flexibility index (Phi) is 8.17. The number of para-hydroxylation sites is 3. The van der Waals surface area contributed by atoms with Crippen molar-refractivity contribution in [2.75, 3.05) is 5.32 Å². The SMILES string of the molecule is Cc1ccccc1C1=CC(c2cc(C3=CC4Oc5ccccc5C4C=C3)ccc2Nc2ccccc2-c2ccccc2O)=CCC1c1ccccc1. The number of aryl methyl sites for hydroxylation is 1. The first-order valence-corrected chi connectivity index (χ1v) is 18.1. The summed E-state index contributed by atoms with van der Waals surface area (Å²) >= 11 is 0. The van der Waals surface area contributed by atoms with Crippen LogP contribution in [-0.2, 0) is 0 Å². The van der Waals surface area contributed by atoms with Crippen LogP contribution in [0.25, 0.3) is 27.8 Å². The third kappa shape index (κ3) is 5.84. The normalized spacial score (nSPS) is 18.7. The average Bonchev–Trinajstić information content (AvgIpc) is 3.57. The molecule has 252 valence electrons. The first-order chi connectivity index (χ1) is 25.6. The molecule has 3 heteroatoms. The summed E-state index contributed by atoms with van der Waals surface area (Å²) in [4.78, 5) is 0. The van der Waals surface area contributed by atoms with Crippen LogP contribution in [-0.4, -0.2) is 11.2 Å². The summed E-state index contributed by atoms with van der Waals surface area (Å²) in [5, 5.41) is 14.6. The Hall–Kier alpha value is -6.32. The molecule has 0 spiro atoms. The average molecular weight is 674 g/mol. The topological polar surface area (TPSA) is 41.5 Å². The zero-order valence-corrected chi connectivity index (χ0v) is 29.0. The molecule has 6 aromatic rings. The van der Waals surface area contributed by atoms with Gasteiger partial charge in [-0.1, -0.05) is 140 Å². The van der Waals surface area contributed by atoms with Crippen LogP contribution >= 0.6 is 0 Å².